The third-order valence-electron chi connectivity index (χ3n) is 1.27. The average Bonchev–Trinajstić information content (AvgIpc) is 1.96. The Hall–Kier alpha value is -0.500. The zero-order chi connectivity index (χ0) is 9.57. The summed E-state index contributed by atoms with van der Waals surface area (Å²) in [5.74, 6) is 0. The molecular formula is C4H3F6NO. The van der Waals surface area contributed by atoms with E-state index in [1.54, 1.807) is 0 Å². The van der Waals surface area contributed by atoms with Gasteiger partial charge in [-0.25, -0.2) is 4.39 Å². The highest BCUT2D eigenvalue weighted by Gasteiger charge is 2.68. The molecule has 0 aliphatic carbocycles. The van der Waals surface area contributed by atoms with E-state index in [0.29, 0.717) is 0 Å². The van der Waals surface area contributed by atoms with Crippen molar-refractivity contribution in [2.75, 3.05) is 6.61 Å². The molecule has 1 rings (SSSR count). The van der Waals surface area contributed by atoms with Gasteiger partial charge in [0, 0.05) is 0 Å². The lowest BCUT2D eigenvalue weighted by molar-refractivity contribution is -0.466. The molecule has 1 heterocycles. The molecule has 1 aliphatic rings. The van der Waals surface area contributed by atoms with Crippen LogP contribution in [0.4, 0.5) is 26.4 Å². The monoisotopic (exact) mass is 195 g/mol. The van der Waals surface area contributed by atoms with E-state index in [2.05, 4.69) is 4.74 Å². The summed E-state index contributed by atoms with van der Waals surface area (Å²) >= 11 is 0. The number of hydrogen-bond acceptors (Lipinski definition) is 2. The van der Waals surface area contributed by atoms with Crippen LogP contribution in [0.1, 0.15) is 0 Å². The number of nitrogens with zero attached hydrogens (tertiary/aromatic N) is 1. The fourth-order valence-electron chi connectivity index (χ4n) is 0.626. The number of ether oxygens (including phenoxy) is 1. The number of rotatable bonds is 0. The predicted octanol–water partition coefficient (Wildman–Crippen LogP) is 1.68. The van der Waals surface area contributed by atoms with Crippen molar-refractivity contribution in [1.29, 1.82) is 0 Å². The Labute approximate surface area is 62.6 Å². The molecular weight excluding hydrogens is 192 g/mol. The average molecular weight is 195 g/mol. The summed E-state index contributed by atoms with van der Waals surface area (Å²) in [6.07, 6.45) is -7.87. The molecule has 1 saturated heterocycles. The van der Waals surface area contributed by atoms with Crippen LogP contribution in [-0.4, -0.2) is 30.2 Å². The second-order valence-corrected chi connectivity index (χ2v) is 2.11. The minimum Gasteiger partial charge on any atom is -0.310 e. The van der Waals surface area contributed by atoms with Crippen molar-refractivity contribution in [3.63, 3.8) is 0 Å². The van der Waals surface area contributed by atoms with Crippen LogP contribution in [0.3, 0.4) is 0 Å². The quantitative estimate of drug-likeness (QED) is 0.331. The Kier molecular flexibility index (Phi) is 1.99. The van der Waals surface area contributed by atoms with Crippen LogP contribution in [0, 0.1) is 0 Å². The first kappa shape index (κ1) is 9.59. The topological polar surface area (TPSA) is 12.5 Å². The highest BCUT2D eigenvalue weighted by atomic mass is 19.3. The highest BCUT2D eigenvalue weighted by Crippen LogP contribution is 2.43. The fourth-order valence-corrected chi connectivity index (χ4v) is 0.626. The molecule has 0 radical (unpaired) electrons. The first-order valence-corrected chi connectivity index (χ1v) is 2.78. The largest absolute Gasteiger partial charge is 0.437 e. The van der Waals surface area contributed by atoms with Gasteiger partial charge in [-0.2, -0.15) is 17.6 Å². The molecule has 1 atom stereocenters. The zero-order valence-corrected chi connectivity index (χ0v) is 5.41. The first-order valence-electron chi connectivity index (χ1n) is 2.78. The molecule has 0 aromatic rings. The van der Waals surface area contributed by atoms with E-state index >= 15 is 0 Å². The van der Waals surface area contributed by atoms with Gasteiger partial charge >= 0.3 is 12.2 Å². The van der Waals surface area contributed by atoms with Gasteiger partial charge in [-0.3, -0.25) is 0 Å². The lowest BCUT2D eigenvalue weighted by atomic mass is 10.4. The molecule has 0 aromatic heterocycles. The second kappa shape index (κ2) is 2.49. The molecule has 2 nitrogen and oxygen atoms in total. The van der Waals surface area contributed by atoms with E-state index < -0.39 is 30.2 Å². The van der Waals surface area contributed by atoms with Crippen LogP contribution in [0.15, 0.2) is 0 Å². The van der Waals surface area contributed by atoms with Crippen LogP contribution in [0.5, 0.6) is 0 Å². The van der Waals surface area contributed by atoms with E-state index in [4.69, 9.17) is 0 Å². The molecule has 0 aromatic carbocycles. The molecule has 0 spiro atoms. The summed E-state index contributed by atoms with van der Waals surface area (Å²) in [4.78, 5) is 0. The van der Waals surface area contributed by atoms with Crippen LogP contribution >= 0.6 is 0 Å². The van der Waals surface area contributed by atoms with E-state index in [9.17, 15) is 26.4 Å². The summed E-state index contributed by atoms with van der Waals surface area (Å²) in [5.41, 5.74) is 0. The highest BCUT2D eigenvalue weighted by molar-refractivity contribution is 4.79. The van der Waals surface area contributed by atoms with Gasteiger partial charge in [0.25, 0.3) is 0 Å². The predicted molar refractivity (Wildman–Crippen MR) is 23.7 cm³/mol. The summed E-state index contributed by atoms with van der Waals surface area (Å²) in [6, 6.07) is -5.26. The van der Waals surface area contributed by atoms with Gasteiger partial charge in [0.2, 0.25) is 6.30 Å². The van der Waals surface area contributed by atoms with Gasteiger partial charge in [-0.05, 0) is 5.12 Å². The zero-order valence-electron chi connectivity index (χ0n) is 5.41. The molecule has 0 bridgehead atoms. The van der Waals surface area contributed by atoms with Crippen molar-refractivity contribution in [1.82, 2.24) is 5.12 Å². The Balaban J connectivity index is 2.88. The second-order valence-electron chi connectivity index (χ2n) is 2.11. The molecule has 1 unspecified atom stereocenters. The van der Waals surface area contributed by atoms with Crippen molar-refractivity contribution >= 4 is 0 Å². The van der Waals surface area contributed by atoms with Crippen molar-refractivity contribution in [2.24, 2.45) is 0 Å². The van der Waals surface area contributed by atoms with E-state index in [0.717, 1.165) is 0 Å². The summed E-state index contributed by atoms with van der Waals surface area (Å²) in [5, 5.41) is -1.85. The SMILES string of the molecule is FC1COC(F)(F)C(F)(F)N1F. The third-order valence-corrected chi connectivity index (χ3v) is 1.27. The van der Waals surface area contributed by atoms with E-state index in [-0.39, 0.29) is 0 Å². The van der Waals surface area contributed by atoms with Crippen molar-refractivity contribution < 1.29 is 31.2 Å². The standard InChI is InChI=1S/C4H3F6NO/c5-2-1-12-4(8,9)3(6,7)11(2)10/h2H,1H2. The number of morpholine rings is 1. The lowest BCUT2D eigenvalue weighted by Crippen LogP contribution is -2.60. The van der Waals surface area contributed by atoms with Gasteiger partial charge in [-0.15, -0.1) is 4.48 Å². The van der Waals surface area contributed by atoms with E-state index in [1.165, 1.54) is 0 Å². The van der Waals surface area contributed by atoms with Gasteiger partial charge < -0.3 is 4.74 Å². The van der Waals surface area contributed by atoms with Gasteiger partial charge in [0.05, 0.1) is 0 Å². The minimum absolute atomic E-state index is 1.43. The van der Waals surface area contributed by atoms with Crippen molar-refractivity contribution in [3.8, 4) is 0 Å². The first-order chi connectivity index (χ1) is 5.29. The molecule has 0 N–H and O–H groups in total. The summed E-state index contributed by atoms with van der Waals surface area (Å²) in [7, 11) is 0. The molecule has 0 saturated carbocycles. The maximum absolute atomic E-state index is 12.1. The molecule has 1 aliphatic heterocycles. The maximum atomic E-state index is 12.1. The maximum Gasteiger partial charge on any atom is 0.437 e. The number of halogens is 6. The Morgan fingerprint density at radius 1 is 1.25 bits per heavy atom. The van der Waals surface area contributed by atoms with E-state index in [1.807, 2.05) is 0 Å². The Morgan fingerprint density at radius 2 is 1.75 bits per heavy atom. The molecule has 0 amide bonds. The van der Waals surface area contributed by atoms with Gasteiger partial charge in [0.1, 0.15) is 6.61 Å². The van der Waals surface area contributed by atoms with Crippen LogP contribution in [0.25, 0.3) is 0 Å². The summed E-state index contributed by atoms with van der Waals surface area (Å²) in [6.45, 7) is -1.43. The van der Waals surface area contributed by atoms with Gasteiger partial charge in [0.15, 0.2) is 0 Å². The molecule has 1 fully saturated rings. The van der Waals surface area contributed by atoms with Crippen LogP contribution in [-0.2, 0) is 4.74 Å². The minimum atomic E-state index is -5.26. The fraction of sp³-hybridized carbons (Fsp3) is 1.00. The van der Waals surface area contributed by atoms with Crippen molar-refractivity contribution in [3.05, 3.63) is 0 Å². The smallest absolute Gasteiger partial charge is 0.310 e. The Morgan fingerprint density at radius 3 is 2.17 bits per heavy atom. The van der Waals surface area contributed by atoms with Crippen LogP contribution in [0.2, 0.25) is 0 Å². The molecule has 72 valence electrons. The Bertz CT molecular complexity index is 184. The van der Waals surface area contributed by atoms with Crippen molar-refractivity contribution in [2.45, 2.75) is 18.5 Å². The lowest BCUT2D eigenvalue weighted by Gasteiger charge is -2.35. The number of alkyl halides is 5. The third kappa shape index (κ3) is 1.14. The normalized spacial score (nSPS) is 35.0. The summed E-state index contributed by atoms with van der Waals surface area (Å²) < 4.78 is 75.2. The number of hydrogen-bond donors (Lipinski definition) is 0. The van der Waals surface area contributed by atoms with Gasteiger partial charge in [-0.1, -0.05) is 0 Å². The van der Waals surface area contributed by atoms with Crippen LogP contribution < -0.4 is 0 Å². The molecule has 8 heteroatoms. The molecule has 12 heavy (non-hydrogen) atoms.